The van der Waals surface area contributed by atoms with Crippen molar-refractivity contribution in [2.24, 2.45) is 5.92 Å². The molecule has 0 rings (SSSR count). The van der Waals surface area contributed by atoms with Gasteiger partial charge in [0.05, 0.1) is 61.5 Å². The Hall–Kier alpha value is -0.200. The zero-order chi connectivity index (χ0) is 15.3. The molecule has 0 radical (unpaired) electrons. The second kappa shape index (κ2) is 7.55. The second-order valence-corrected chi connectivity index (χ2v) is 7.45. The van der Waals surface area contributed by atoms with Gasteiger partial charge in [-0.15, -0.1) is 0 Å². The molecule has 0 aromatic carbocycles. The van der Waals surface area contributed by atoms with Gasteiger partial charge < -0.3 is 23.5 Å². The fourth-order valence-corrected chi connectivity index (χ4v) is 2.15. The number of aliphatic hydroxyl groups is 1. The first kappa shape index (κ1) is 18.8. The summed E-state index contributed by atoms with van der Waals surface area (Å²) in [5, 5.41) is 9.54. The minimum atomic E-state index is -0.285. The summed E-state index contributed by atoms with van der Waals surface area (Å²) in [5.41, 5.74) is 0. The third kappa shape index (κ3) is 9.35. The molecular formula is C14H34N2O3+2. The standard InChI is InChI=1S/C14H34N2O3/c1-12(9-15(2,3)4)13(11-17)19-14(18-8)10-16(5,6)7/h12-14,17H,9-11H2,1-8H3/q+2. The van der Waals surface area contributed by atoms with Crippen LogP contribution in [0.1, 0.15) is 6.92 Å². The largest absolute Gasteiger partial charge is 0.394 e. The van der Waals surface area contributed by atoms with Gasteiger partial charge in [0.25, 0.3) is 0 Å². The highest BCUT2D eigenvalue weighted by Gasteiger charge is 2.28. The second-order valence-electron chi connectivity index (χ2n) is 7.45. The van der Waals surface area contributed by atoms with Gasteiger partial charge in [-0.3, -0.25) is 0 Å². The molecular weight excluding hydrogens is 244 g/mol. The van der Waals surface area contributed by atoms with Gasteiger partial charge in [0.2, 0.25) is 6.29 Å². The summed E-state index contributed by atoms with van der Waals surface area (Å²) in [5.74, 6) is 0.273. The Morgan fingerprint density at radius 3 is 1.74 bits per heavy atom. The molecule has 116 valence electrons. The number of methoxy groups -OCH3 is 1. The summed E-state index contributed by atoms with van der Waals surface area (Å²) in [6.07, 6.45) is -0.471. The lowest BCUT2D eigenvalue weighted by molar-refractivity contribution is -0.878. The van der Waals surface area contributed by atoms with Crippen molar-refractivity contribution in [3.8, 4) is 0 Å². The molecule has 0 aliphatic heterocycles. The molecule has 0 aliphatic carbocycles. The van der Waals surface area contributed by atoms with E-state index in [2.05, 4.69) is 49.2 Å². The van der Waals surface area contributed by atoms with Gasteiger partial charge in [-0.05, 0) is 0 Å². The van der Waals surface area contributed by atoms with Gasteiger partial charge >= 0.3 is 0 Å². The lowest BCUT2D eigenvalue weighted by Crippen LogP contribution is -2.48. The Labute approximate surface area is 118 Å². The summed E-state index contributed by atoms with van der Waals surface area (Å²) in [6.45, 7) is 3.84. The Morgan fingerprint density at radius 2 is 1.42 bits per heavy atom. The van der Waals surface area contributed by atoms with Crippen LogP contribution < -0.4 is 0 Å². The van der Waals surface area contributed by atoms with Crippen molar-refractivity contribution >= 4 is 0 Å². The molecule has 5 nitrogen and oxygen atoms in total. The van der Waals surface area contributed by atoms with Crippen LogP contribution in [0.4, 0.5) is 0 Å². The van der Waals surface area contributed by atoms with Crippen LogP contribution in [-0.4, -0.2) is 95.6 Å². The number of hydrogen-bond donors (Lipinski definition) is 1. The lowest BCUT2D eigenvalue weighted by Gasteiger charge is -2.34. The van der Waals surface area contributed by atoms with Gasteiger partial charge in [0.1, 0.15) is 6.54 Å². The molecule has 0 aromatic rings. The van der Waals surface area contributed by atoms with Crippen molar-refractivity contribution in [1.82, 2.24) is 0 Å². The van der Waals surface area contributed by atoms with Crippen molar-refractivity contribution < 1.29 is 23.5 Å². The van der Waals surface area contributed by atoms with Gasteiger partial charge in [0, 0.05) is 13.0 Å². The molecule has 0 spiro atoms. The summed E-state index contributed by atoms with van der Waals surface area (Å²) < 4.78 is 12.9. The number of aliphatic hydroxyl groups excluding tert-OH is 1. The third-order valence-electron chi connectivity index (χ3n) is 2.94. The van der Waals surface area contributed by atoms with Crippen LogP contribution in [0.3, 0.4) is 0 Å². The zero-order valence-corrected chi connectivity index (χ0v) is 14.0. The molecule has 3 unspecified atom stereocenters. The predicted molar refractivity (Wildman–Crippen MR) is 77.7 cm³/mol. The van der Waals surface area contributed by atoms with E-state index in [1.807, 2.05) is 0 Å². The molecule has 0 aromatic heterocycles. The number of hydrogen-bond acceptors (Lipinski definition) is 3. The molecule has 0 fully saturated rings. The lowest BCUT2D eigenvalue weighted by atomic mass is 10.0. The van der Waals surface area contributed by atoms with E-state index < -0.39 is 0 Å². The van der Waals surface area contributed by atoms with Crippen molar-refractivity contribution in [2.45, 2.75) is 19.3 Å². The molecule has 0 saturated heterocycles. The maximum atomic E-state index is 9.54. The minimum absolute atomic E-state index is 0.0260. The number of nitrogens with zero attached hydrogens (tertiary/aromatic N) is 2. The van der Waals surface area contributed by atoms with E-state index in [0.717, 1.165) is 22.1 Å². The molecule has 0 saturated carbocycles. The first-order valence-electron chi connectivity index (χ1n) is 6.88. The smallest absolute Gasteiger partial charge is 0.207 e. The van der Waals surface area contributed by atoms with Crippen LogP contribution in [0.2, 0.25) is 0 Å². The number of quaternary nitrogens is 2. The van der Waals surface area contributed by atoms with Gasteiger partial charge in [-0.2, -0.15) is 0 Å². The molecule has 0 amide bonds. The summed E-state index contributed by atoms with van der Waals surface area (Å²) in [4.78, 5) is 0. The van der Waals surface area contributed by atoms with Crippen LogP contribution in [0.5, 0.6) is 0 Å². The SMILES string of the molecule is COC(C[N+](C)(C)C)OC(CO)C(C)C[N+](C)(C)C. The average Bonchev–Trinajstić information content (AvgIpc) is 2.19. The third-order valence-corrected chi connectivity index (χ3v) is 2.94. The number of likely N-dealkylation sites (N-methyl/N-ethyl adjacent to an activating group) is 1. The summed E-state index contributed by atoms with van der Waals surface area (Å²) in [7, 11) is 14.4. The fourth-order valence-electron chi connectivity index (χ4n) is 2.15. The maximum absolute atomic E-state index is 9.54. The first-order valence-corrected chi connectivity index (χ1v) is 6.88. The van der Waals surface area contributed by atoms with Crippen LogP contribution in [0, 0.1) is 5.92 Å². The number of rotatable bonds is 9. The van der Waals surface area contributed by atoms with E-state index in [-0.39, 0.29) is 24.9 Å². The van der Waals surface area contributed by atoms with Gasteiger partial charge in [0.15, 0.2) is 0 Å². The molecule has 1 N–H and O–H groups in total. The Kier molecular flexibility index (Phi) is 7.47. The van der Waals surface area contributed by atoms with Crippen molar-refractivity contribution in [1.29, 1.82) is 0 Å². The van der Waals surface area contributed by atoms with E-state index in [1.165, 1.54) is 0 Å². The molecule has 0 heterocycles. The first-order chi connectivity index (χ1) is 8.48. The van der Waals surface area contributed by atoms with Crippen molar-refractivity contribution in [3.05, 3.63) is 0 Å². The molecule has 3 atom stereocenters. The van der Waals surface area contributed by atoms with E-state index >= 15 is 0 Å². The van der Waals surface area contributed by atoms with E-state index in [9.17, 15) is 5.11 Å². The topological polar surface area (TPSA) is 38.7 Å². The van der Waals surface area contributed by atoms with E-state index in [4.69, 9.17) is 9.47 Å². The maximum Gasteiger partial charge on any atom is 0.207 e. The van der Waals surface area contributed by atoms with Crippen LogP contribution in [0.15, 0.2) is 0 Å². The fraction of sp³-hybridized carbons (Fsp3) is 1.00. The van der Waals surface area contributed by atoms with E-state index in [1.54, 1.807) is 7.11 Å². The Balaban J connectivity index is 4.51. The van der Waals surface area contributed by atoms with Crippen molar-refractivity contribution in [3.63, 3.8) is 0 Å². The Morgan fingerprint density at radius 1 is 0.947 bits per heavy atom. The molecule has 0 bridgehead atoms. The zero-order valence-electron chi connectivity index (χ0n) is 14.0. The monoisotopic (exact) mass is 278 g/mol. The highest BCUT2D eigenvalue weighted by Crippen LogP contribution is 2.14. The molecule has 5 heteroatoms. The minimum Gasteiger partial charge on any atom is -0.394 e. The Bertz CT molecular complexity index is 246. The predicted octanol–water partition coefficient (Wildman–Crippen LogP) is 0.385. The van der Waals surface area contributed by atoms with Crippen LogP contribution in [0.25, 0.3) is 0 Å². The van der Waals surface area contributed by atoms with Crippen molar-refractivity contribution in [2.75, 3.05) is 69.1 Å². The average molecular weight is 278 g/mol. The van der Waals surface area contributed by atoms with E-state index in [0.29, 0.717) is 0 Å². The molecule has 0 aliphatic rings. The summed E-state index contributed by atoms with van der Waals surface area (Å²) in [6, 6.07) is 0. The highest BCUT2D eigenvalue weighted by atomic mass is 16.7. The molecule has 19 heavy (non-hydrogen) atoms. The van der Waals surface area contributed by atoms with Gasteiger partial charge in [-0.1, -0.05) is 6.92 Å². The number of ether oxygens (including phenoxy) is 2. The summed E-state index contributed by atoms with van der Waals surface area (Å²) >= 11 is 0. The normalized spacial score (nSPS) is 18.2. The highest BCUT2D eigenvalue weighted by molar-refractivity contribution is 4.66. The van der Waals surface area contributed by atoms with Crippen LogP contribution >= 0.6 is 0 Å². The quantitative estimate of drug-likeness (QED) is 0.490. The van der Waals surface area contributed by atoms with Gasteiger partial charge in [-0.25, -0.2) is 0 Å². The van der Waals surface area contributed by atoms with Crippen LogP contribution in [-0.2, 0) is 9.47 Å².